The van der Waals surface area contributed by atoms with Crippen molar-refractivity contribution in [3.05, 3.63) is 23.9 Å². The second kappa shape index (κ2) is 4.91. The van der Waals surface area contributed by atoms with Gasteiger partial charge in [-0.1, -0.05) is 6.07 Å². The van der Waals surface area contributed by atoms with E-state index in [-0.39, 0.29) is 5.82 Å². The summed E-state index contributed by atoms with van der Waals surface area (Å²) in [4.78, 5) is 3.53. The maximum Gasteiger partial charge on any atom is 0.433 e. The molecule has 1 atom stereocenters. The van der Waals surface area contributed by atoms with Gasteiger partial charge in [-0.25, -0.2) is 4.98 Å². The molecule has 6 heteroatoms. The lowest BCUT2D eigenvalue weighted by Crippen LogP contribution is -2.16. The first-order valence-corrected chi connectivity index (χ1v) is 5.41. The molecule has 0 spiro atoms. The molecule has 2 heterocycles. The van der Waals surface area contributed by atoms with Gasteiger partial charge in [0.1, 0.15) is 11.5 Å². The highest BCUT2D eigenvalue weighted by Crippen LogP contribution is 2.28. The van der Waals surface area contributed by atoms with Crippen LogP contribution in [-0.2, 0) is 10.9 Å². The van der Waals surface area contributed by atoms with Crippen molar-refractivity contribution in [3.63, 3.8) is 0 Å². The first-order valence-electron chi connectivity index (χ1n) is 5.41. The van der Waals surface area contributed by atoms with Crippen LogP contribution in [0, 0.1) is 5.92 Å². The van der Waals surface area contributed by atoms with Gasteiger partial charge in [0.05, 0.1) is 6.61 Å². The molecule has 3 nitrogen and oxygen atoms in total. The Morgan fingerprint density at radius 3 is 2.88 bits per heavy atom. The predicted molar refractivity (Wildman–Crippen MR) is 56.7 cm³/mol. The quantitative estimate of drug-likeness (QED) is 0.890. The van der Waals surface area contributed by atoms with E-state index in [0.29, 0.717) is 19.1 Å². The van der Waals surface area contributed by atoms with E-state index in [1.54, 1.807) is 0 Å². The second-order valence-corrected chi connectivity index (χ2v) is 4.02. The smallest absolute Gasteiger partial charge is 0.381 e. The molecule has 1 fully saturated rings. The number of ether oxygens (including phenoxy) is 1. The highest BCUT2D eigenvalue weighted by atomic mass is 19.4. The summed E-state index contributed by atoms with van der Waals surface area (Å²) in [6.45, 7) is 1.97. The van der Waals surface area contributed by atoms with E-state index in [1.165, 1.54) is 12.1 Å². The lowest BCUT2D eigenvalue weighted by atomic mass is 10.1. The molecule has 94 valence electrons. The average molecular weight is 246 g/mol. The van der Waals surface area contributed by atoms with Gasteiger partial charge in [0.15, 0.2) is 0 Å². The number of hydrogen-bond donors (Lipinski definition) is 1. The van der Waals surface area contributed by atoms with Crippen LogP contribution in [0.4, 0.5) is 19.0 Å². The van der Waals surface area contributed by atoms with E-state index < -0.39 is 11.9 Å². The van der Waals surface area contributed by atoms with E-state index in [1.807, 2.05) is 0 Å². The van der Waals surface area contributed by atoms with Crippen LogP contribution < -0.4 is 5.32 Å². The molecule has 2 rings (SSSR count). The molecule has 1 aromatic rings. The third-order valence-electron chi connectivity index (χ3n) is 2.64. The monoisotopic (exact) mass is 246 g/mol. The third-order valence-corrected chi connectivity index (χ3v) is 2.64. The number of halogens is 3. The van der Waals surface area contributed by atoms with E-state index in [9.17, 15) is 13.2 Å². The van der Waals surface area contributed by atoms with Crippen molar-refractivity contribution in [2.75, 3.05) is 25.1 Å². The molecule has 0 saturated carbocycles. The van der Waals surface area contributed by atoms with Gasteiger partial charge in [-0.2, -0.15) is 13.2 Å². The van der Waals surface area contributed by atoms with Crippen LogP contribution in [-0.4, -0.2) is 24.7 Å². The van der Waals surface area contributed by atoms with Crippen molar-refractivity contribution in [1.82, 2.24) is 4.98 Å². The Hall–Kier alpha value is -1.30. The van der Waals surface area contributed by atoms with Gasteiger partial charge in [0, 0.05) is 19.1 Å². The molecule has 0 radical (unpaired) electrons. The molecular weight excluding hydrogens is 233 g/mol. The van der Waals surface area contributed by atoms with E-state index in [2.05, 4.69) is 10.3 Å². The van der Waals surface area contributed by atoms with Crippen LogP contribution >= 0.6 is 0 Å². The number of aromatic nitrogens is 1. The molecule has 0 aliphatic carbocycles. The normalized spacial score (nSPS) is 20.5. The molecule has 1 aliphatic heterocycles. The molecule has 1 saturated heterocycles. The van der Waals surface area contributed by atoms with Crippen LogP contribution in [0.25, 0.3) is 0 Å². The van der Waals surface area contributed by atoms with Crippen LogP contribution in [0.2, 0.25) is 0 Å². The number of pyridine rings is 1. The number of nitrogens with one attached hydrogen (secondary N) is 1. The molecule has 0 amide bonds. The summed E-state index contributed by atoms with van der Waals surface area (Å²) in [7, 11) is 0. The summed E-state index contributed by atoms with van der Waals surface area (Å²) in [5.41, 5.74) is -0.870. The van der Waals surface area contributed by atoms with E-state index >= 15 is 0 Å². The highest BCUT2D eigenvalue weighted by molar-refractivity contribution is 5.35. The molecule has 1 unspecified atom stereocenters. The van der Waals surface area contributed by atoms with Gasteiger partial charge < -0.3 is 10.1 Å². The van der Waals surface area contributed by atoms with Crippen molar-refractivity contribution in [3.8, 4) is 0 Å². The van der Waals surface area contributed by atoms with Crippen LogP contribution in [0.15, 0.2) is 18.2 Å². The van der Waals surface area contributed by atoms with Gasteiger partial charge in [0.2, 0.25) is 0 Å². The first-order chi connectivity index (χ1) is 8.05. The van der Waals surface area contributed by atoms with Crippen molar-refractivity contribution in [2.45, 2.75) is 12.6 Å². The minimum absolute atomic E-state index is 0.256. The summed E-state index contributed by atoms with van der Waals surface area (Å²) in [5, 5.41) is 2.91. The van der Waals surface area contributed by atoms with Gasteiger partial charge in [-0.15, -0.1) is 0 Å². The Bertz CT molecular complexity index is 375. The van der Waals surface area contributed by atoms with E-state index in [4.69, 9.17) is 4.74 Å². The summed E-state index contributed by atoms with van der Waals surface area (Å²) in [5.74, 6) is 0.609. The van der Waals surface area contributed by atoms with Gasteiger partial charge in [-0.3, -0.25) is 0 Å². The Labute approximate surface area is 97.0 Å². The molecular formula is C11H13F3N2O. The van der Waals surface area contributed by atoms with Crippen molar-refractivity contribution < 1.29 is 17.9 Å². The number of anilines is 1. The standard InChI is InChI=1S/C11H13F3N2O/c12-11(13,14)9-2-1-3-10(16-9)15-6-8-4-5-17-7-8/h1-3,8H,4-7H2,(H,15,16). The van der Waals surface area contributed by atoms with Gasteiger partial charge in [-0.05, 0) is 18.6 Å². The zero-order valence-corrected chi connectivity index (χ0v) is 9.13. The predicted octanol–water partition coefficient (Wildman–Crippen LogP) is 2.55. The zero-order valence-electron chi connectivity index (χ0n) is 9.13. The molecule has 1 N–H and O–H groups in total. The second-order valence-electron chi connectivity index (χ2n) is 4.02. The summed E-state index contributed by atoms with van der Waals surface area (Å²) >= 11 is 0. The minimum Gasteiger partial charge on any atom is -0.381 e. The number of hydrogen-bond acceptors (Lipinski definition) is 3. The minimum atomic E-state index is -4.39. The fourth-order valence-electron chi connectivity index (χ4n) is 1.68. The summed E-state index contributed by atoms with van der Waals surface area (Å²) in [6.07, 6.45) is -3.46. The molecule has 1 aromatic heterocycles. The summed E-state index contributed by atoms with van der Waals surface area (Å²) in [6, 6.07) is 3.85. The topological polar surface area (TPSA) is 34.1 Å². The fourth-order valence-corrected chi connectivity index (χ4v) is 1.68. The van der Waals surface area contributed by atoms with Crippen LogP contribution in [0.3, 0.4) is 0 Å². The summed E-state index contributed by atoms with van der Waals surface area (Å²) < 4.78 is 42.4. The van der Waals surface area contributed by atoms with Crippen molar-refractivity contribution in [1.29, 1.82) is 0 Å². The Balaban J connectivity index is 1.96. The maximum absolute atomic E-state index is 12.4. The lowest BCUT2D eigenvalue weighted by molar-refractivity contribution is -0.141. The number of nitrogens with zero attached hydrogens (tertiary/aromatic N) is 1. The van der Waals surface area contributed by atoms with Gasteiger partial charge >= 0.3 is 6.18 Å². The SMILES string of the molecule is FC(F)(F)c1cccc(NCC2CCOC2)n1. The van der Waals surface area contributed by atoms with Crippen molar-refractivity contribution >= 4 is 5.82 Å². The highest BCUT2D eigenvalue weighted by Gasteiger charge is 2.32. The fraction of sp³-hybridized carbons (Fsp3) is 0.545. The molecule has 1 aliphatic rings. The Kier molecular flexibility index (Phi) is 3.51. The first kappa shape index (κ1) is 12.2. The Morgan fingerprint density at radius 2 is 2.24 bits per heavy atom. The maximum atomic E-state index is 12.4. The van der Waals surface area contributed by atoms with Gasteiger partial charge in [0.25, 0.3) is 0 Å². The lowest BCUT2D eigenvalue weighted by Gasteiger charge is -2.11. The van der Waals surface area contributed by atoms with Crippen LogP contribution in [0.5, 0.6) is 0 Å². The molecule has 0 bridgehead atoms. The Morgan fingerprint density at radius 1 is 1.41 bits per heavy atom. The number of alkyl halides is 3. The zero-order chi connectivity index (χ0) is 12.3. The third kappa shape index (κ3) is 3.33. The molecule has 17 heavy (non-hydrogen) atoms. The van der Waals surface area contributed by atoms with Crippen molar-refractivity contribution in [2.24, 2.45) is 5.92 Å². The van der Waals surface area contributed by atoms with E-state index in [0.717, 1.165) is 19.1 Å². The molecule has 0 aromatic carbocycles. The average Bonchev–Trinajstić information content (AvgIpc) is 2.78. The largest absolute Gasteiger partial charge is 0.433 e. The van der Waals surface area contributed by atoms with Crippen LogP contribution in [0.1, 0.15) is 12.1 Å². The number of rotatable bonds is 3.